The first-order valence-electron chi connectivity index (χ1n) is 11.6. The van der Waals surface area contributed by atoms with Crippen molar-refractivity contribution < 1.29 is 4.42 Å². The highest BCUT2D eigenvalue weighted by atomic mass is 16.3. The van der Waals surface area contributed by atoms with Crippen LogP contribution in [0.2, 0.25) is 0 Å². The van der Waals surface area contributed by atoms with Gasteiger partial charge in [0.05, 0.1) is 28.5 Å². The highest BCUT2D eigenvalue weighted by molar-refractivity contribution is 6.00. The van der Waals surface area contributed by atoms with Crippen LogP contribution < -0.4 is 10.6 Å². The molecular weight excluding hydrogens is 428 g/mol. The summed E-state index contributed by atoms with van der Waals surface area (Å²) >= 11 is 0. The van der Waals surface area contributed by atoms with Crippen molar-refractivity contribution in [1.82, 2.24) is 30.1 Å². The molecule has 1 aliphatic carbocycles. The van der Waals surface area contributed by atoms with Gasteiger partial charge < -0.3 is 15.1 Å². The third-order valence-electron chi connectivity index (χ3n) is 7.67. The van der Waals surface area contributed by atoms with E-state index in [0.717, 1.165) is 64.6 Å². The molecule has 3 unspecified atom stereocenters. The van der Waals surface area contributed by atoms with E-state index in [4.69, 9.17) is 20.1 Å². The number of oxazole rings is 1. The maximum Gasteiger partial charge on any atom is 0.202 e. The van der Waals surface area contributed by atoms with Gasteiger partial charge in [0.2, 0.25) is 11.5 Å². The average Bonchev–Trinajstić information content (AvgIpc) is 3.12. The summed E-state index contributed by atoms with van der Waals surface area (Å²) in [6.07, 6.45) is 6.40. The Hall–Kier alpha value is -3.85. The fraction of sp³-hybridized carbons (Fsp3) is 0.320. The molecule has 0 bridgehead atoms. The second-order valence-corrected chi connectivity index (χ2v) is 9.36. The SMILES string of the molecule is Cc1coc(C2(CN)C3CCN(c4cnc5c(-c6cccc7ncccc67)[nH]nc5n4)CC32)n1. The third kappa shape index (κ3) is 2.67. The van der Waals surface area contributed by atoms with Crippen molar-refractivity contribution in [2.24, 2.45) is 17.6 Å². The van der Waals surface area contributed by atoms with Crippen LogP contribution in [0.15, 0.2) is 53.4 Å². The second kappa shape index (κ2) is 7.07. The number of anilines is 1. The van der Waals surface area contributed by atoms with Gasteiger partial charge in [0.15, 0.2) is 0 Å². The molecule has 7 rings (SSSR count). The number of aryl methyl sites for hydroxylation is 1. The molecule has 1 aromatic carbocycles. The summed E-state index contributed by atoms with van der Waals surface area (Å²) in [7, 11) is 0. The molecule has 0 amide bonds. The lowest BCUT2D eigenvalue weighted by Crippen LogP contribution is -2.32. The monoisotopic (exact) mass is 452 g/mol. The van der Waals surface area contributed by atoms with Crippen molar-refractivity contribution in [2.75, 3.05) is 24.5 Å². The van der Waals surface area contributed by atoms with Gasteiger partial charge in [0, 0.05) is 36.8 Å². The van der Waals surface area contributed by atoms with Crippen molar-refractivity contribution in [3.05, 3.63) is 60.6 Å². The molecule has 3 N–H and O–H groups in total. The largest absolute Gasteiger partial charge is 0.448 e. The van der Waals surface area contributed by atoms with Gasteiger partial charge >= 0.3 is 0 Å². The van der Waals surface area contributed by atoms with Crippen LogP contribution in [0.4, 0.5) is 5.82 Å². The van der Waals surface area contributed by atoms with E-state index >= 15 is 0 Å². The highest BCUT2D eigenvalue weighted by Crippen LogP contribution is 2.62. The van der Waals surface area contributed by atoms with Gasteiger partial charge in [-0.25, -0.2) is 15.0 Å². The lowest BCUT2D eigenvalue weighted by molar-refractivity contribution is 0.409. The molecule has 1 saturated carbocycles. The van der Waals surface area contributed by atoms with E-state index < -0.39 is 0 Å². The van der Waals surface area contributed by atoms with E-state index in [1.807, 2.05) is 31.3 Å². The van der Waals surface area contributed by atoms with Crippen molar-refractivity contribution >= 4 is 27.9 Å². The number of hydrogen-bond acceptors (Lipinski definition) is 8. The maximum absolute atomic E-state index is 6.26. The minimum Gasteiger partial charge on any atom is -0.448 e. The zero-order chi connectivity index (χ0) is 22.9. The molecule has 5 aromatic rings. The van der Waals surface area contributed by atoms with Gasteiger partial charge in [-0.15, -0.1) is 0 Å². The second-order valence-electron chi connectivity index (χ2n) is 9.36. The number of piperidine rings is 1. The van der Waals surface area contributed by atoms with E-state index in [2.05, 4.69) is 37.2 Å². The Bertz CT molecular complexity index is 1540. The fourth-order valence-corrected chi connectivity index (χ4v) is 5.91. The molecule has 9 heteroatoms. The molecule has 9 nitrogen and oxygen atoms in total. The molecular formula is C25H24N8O. The number of benzene rings is 1. The van der Waals surface area contributed by atoms with Gasteiger partial charge in [-0.3, -0.25) is 10.1 Å². The van der Waals surface area contributed by atoms with Gasteiger partial charge in [0.1, 0.15) is 17.6 Å². The van der Waals surface area contributed by atoms with Gasteiger partial charge in [0.25, 0.3) is 0 Å². The van der Waals surface area contributed by atoms with E-state index in [1.165, 1.54) is 0 Å². The Balaban J connectivity index is 1.20. The van der Waals surface area contributed by atoms with Crippen molar-refractivity contribution in [3.63, 3.8) is 0 Å². The summed E-state index contributed by atoms with van der Waals surface area (Å²) in [6.45, 7) is 4.25. The third-order valence-corrected chi connectivity index (χ3v) is 7.67. The fourth-order valence-electron chi connectivity index (χ4n) is 5.91. The molecule has 5 heterocycles. The van der Waals surface area contributed by atoms with Crippen LogP contribution in [-0.4, -0.2) is 49.8 Å². The summed E-state index contributed by atoms with van der Waals surface area (Å²) in [5.74, 6) is 2.53. The first-order chi connectivity index (χ1) is 16.7. The van der Waals surface area contributed by atoms with Crippen LogP contribution in [0, 0.1) is 18.8 Å². The maximum atomic E-state index is 6.26. The number of fused-ring (bicyclic) bond motifs is 3. The lowest BCUT2D eigenvalue weighted by Gasteiger charge is -2.26. The van der Waals surface area contributed by atoms with E-state index in [-0.39, 0.29) is 5.41 Å². The van der Waals surface area contributed by atoms with Gasteiger partial charge in [-0.05, 0) is 37.3 Å². The van der Waals surface area contributed by atoms with Gasteiger partial charge in [-0.1, -0.05) is 18.2 Å². The number of H-pyrrole nitrogens is 1. The van der Waals surface area contributed by atoms with Crippen LogP contribution in [-0.2, 0) is 5.41 Å². The number of pyridine rings is 1. The number of aromatic nitrogens is 6. The van der Waals surface area contributed by atoms with Crippen molar-refractivity contribution in [3.8, 4) is 11.3 Å². The Morgan fingerprint density at radius 3 is 2.97 bits per heavy atom. The quantitative estimate of drug-likeness (QED) is 0.426. The van der Waals surface area contributed by atoms with E-state index in [1.54, 1.807) is 12.5 Å². The van der Waals surface area contributed by atoms with Crippen LogP contribution in [0.5, 0.6) is 0 Å². The molecule has 170 valence electrons. The minimum atomic E-state index is -0.164. The van der Waals surface area contributed by atoms with E-state index in [9.17, 15) is 0 Å². The lowest BCUT2D eigenvalue weighted by atomic mass is 10.0. The summed E-state index contributed by atoms with van der Waals surface area (Å²) < 4.78 is 5.79. The van der Waals surface area contributed by atoms with Crippen LogP contribution in [0.3, 0.4) is 0 Å². The summed E-state index contributed by atoms with van der Waals surface area (Å²) in [5, 5.41) is 8.70. The first kappa shape index (κ1) is 19.6. The van der Waals surface area contributed by atoms with Gasteiger partial charge in [-0.2, -0.15) is 5.10 Å². The molecule has 1 saturated heterocycles. The van der Waals surface area contributed by atoms with Crippen LogP contribution in [0.1, 0.15) is 18.0 Å². The predicted octanol–water partition coefficient (Wildman–Crippen LogP) is 3.22. The molecule has 2 fully saturated rings. The molecule has 1 aliphatic heterocycles. The topological polar surface area (TPSA) is 123 Å². The van der Waals surface area contributed by atoms with Crippen molar-refractivity contribution in [2.45, 2.75) is 18.8 Å². The molecule has 0 radical (unpaired) electrons. The summed E-state index contributed by atoms with van der Waals surface area (Å²) in [6, 6.07) is 10.1. The molecule has 2 aliphatic rings. The predicted molar refractivity (Wildman–Crippen MR) is 128 cm³/mol. The number of rotatable bonds is 4. The Kier molecular flexibility index (Phi) is 4.08. The highest BCUT2D eigenvalue weighted by Gasteiger charge is 2.68. The number of aromatic amines is 1. The van der Waals surface area contributed by atoms with E-state index in [0.29, 0.717) is 24.0 Å². The molecule has 3 atom stereocenters. The summed E-state index contributed by atoms with van der Waals surface area (Å²) in [5.41, 5.74) is 11.2. The molecule has 34 heavy (non-hydrogen) atoms. The van der Waals surface area contributed by atoms with Crippen LogP contribution in [0.25, 0.3) is 33.3 Å². The number of hydrogen-bond donors (Lipinski definition) is 2. The molecule has 0 spiro atoms. The average molecular weight is 453 g/mol. The Labute approximate surface area is 195 Å². The van der Waals surface area contributed by atoms with Crippen molar-refractivity contribution in [1.29, 1.82) is 0 Å². The van der Waals surface area contributed by atoms with Crippen LogP contribution >= 0.6 is 0 Å². The summed E-state index contributed by atoms with van der Waals surface area (Å²) in [4.78, 5) is 21.0. The molecule has 4 aromatic heterocycles. The Morgan fingerprint density at radius 1 is 1.18 bits per heavy atom. The standard InChI is InChI=1S/C25H24N8O/c1-14-12-34-24(29-14)25(13-26)17-7-9-33(11-18(17)25)20-10-28-22-21(31-32-23(22)30-20)16-4-2-6-19-15(16)5-3-8-27-19/h2-6,8,10,12,17-18H,7,9,11,13,26H2,1H3,(H,30,31,32). The number of nitrogens with one attached hydrogen (secondary N) is 1. The smallest absolute Gasteiger partial charge is 0.202 e. The number of nitrogens with zero attached hydrogens (tertiary/aromatic N) is 6. The normalized spacial score (nSPS) is 24.0. The number of nitrogens with two attached hydrogens (primary N) is 1. The Morgan fingerprint density at radius 2 is 2.12 bits per heavy atom. The first-order valence-corrected chi connectivity index (χ1v) is 11.6. The zero-order valence-electron chi connectivity index (χ0n) is 18.8. The minimum absolute atomic E-state index is 0.164. The zero-order valence-corrected chi connectivity index (χ0v) is 18.8.